The van der Waals surface area contributed by atoms with E-state index in [0.29, 0.717) is 5.69 Å². The Morgan fingerprint density at radius 3 is 2.67 bits per heavy atom. The summed E-state index contributed by atoms with van der Waals surface area (Å²) in [4.78, 5) is 11.8. The highest BCUT2D eigenvalue weighted by atomic mass is 79.9. The summed E-state index contributed by atoms with van der Waals surface area (Å²) >= 11 is 3.40. The van der Waals surface area contributed by atoms with Crippen LogP contribution >= 0.6 is 15.9 Å². The first kappa shape index (κ1) is 15.4. The van der Waals surface area contributed by atoms with Crippen LogP contribution in [0.2, 0.25) is 0 Å². The standard InChI is InChI=1S/C16H16BrNO3/c1-20-15-6-5-12(8-14(15)17)10-21-16(19)9-11-3-2-4-13(18)7-11/h2-8H,9-10,18H2,1H3. The Morgan fingerprint density at radius 2 is 2.00 bits per heavy atom. The van der Waals surface area contributed by atoms with Crippen LogP contribution in [0.25, 0.3) is 0 Å². The van der Waals surface area contributed by atoms with Crippen molar-refractivity contribution >= 4 is 27.6 Å². The van der Waals surface area contributed by atoms with Crippen molar-refractivity contribution in [2.24, 2.45) is 0 Å². The molecule has 21 heavy (non-hydrogen) atoms. The number of esters is 1. The monoisotopic (exact) mass is 349 g/mol. The Hall–Kier alpha value is -2.01. The van der Waals surface area contributed by atoms with Crippen molar-refractivity contribution in [2.75, 3.05) is 12.8 Å². The van der Waals surface area contributed by atoms with Crippen LogP contribution in [-0.4, -0.2) is 13.1 Å². The first-order chi connectivity index (χ1) is 10.1. The van der Waals surface area contributed by atoms with E-state index >= 15 is 0 Å². The van der Waals surface area contributed by atoms with Crippen molar-refractivity contribution in [3.63, 3.8) is 0 Å². The highest BCUT2D eigenvalue weighted by molar-refractivity contribution is 9.10. The molecule has 5 heteroatoms. The molecule has 0 bridgehead atoms. The number of nitrogens with two attached hydrogens (primary N) is 1. The van der Waals surface area contributed by atoms with Crippen LogP contribution in [0.15, 0.2) is 46.9 Å². The number of ether oxygens (including phenoxy) is 2. The van der Waals surface area contributed by atoms with Crippen LogP contribution in [0, 0.1) is 0 Å². The first-order valence-corrected chi connectivity index (χ1v) is 7.20. The Balaban J connectivity index is 1.90. The summed E-state index contributed by atoms with van der Waals surface area (Å²) in [5.74, 6) is 0.456. The van der Waals surface area contributed by atoms with Gasteiger partial charge in [0.25, 0.3) is 0 Å². The topological polar surface area (TPSA) is 61.5 Å². The van der Waals surface area contributed by atoms with Gasteiger partial charge in [0.1, 0.15) is 12.4 Å². The summed E-state index contributed by atoms with van der Waals surface area (Å²) in [5, 5.41) is 0. The largest absolute Gasteiger partial charge is 0.496 e. The number of methoxy groups -OCH3 is 1. The minimum Gasteiger partial charge on any atom is -0.496 e. The third-order valence-electron chi connectivity index (χ3n) is 2.92. The lowest BCUT2D eigenvalue weighted by molar-refractivity contribution is -0.144. The molecule has 0 amide bonds. The van der Waals surface area contributed by atoms with Gasteiger partial charge in [0.05, 0.1) is 18.0 Å². The van der Waals surface area contributed by atoms with Gasteiger partial charge in [-0.1, -0.05) is 18.2 Å². The Morgan fingerprint density at radius 1 is 1.19 bits per heavy atom. The molecule has 0 aliphatic rings. The summed E-state index contributed by atoms with van der Waals surface area (Å²) in [6, 6.07) is 12.8. The van der Waals surface area contributed by atoms with Crippen LogP contribution in [0.3, 0.4) is 0 Å². The van der Waals surface area contributed by atoms with Crippen LogP contribution < -0.4 is 10.5 Å². The van der Waals surface area contributed by atoms with E-state index in [2.05, 4.69) is 15.9 Å². The molecule has 110 valence electrons. The predicted molar refractivity (Wildman–Crippen MR) is 85.0 cm³/mol. The molecular formula is C16H16BrNO3. The minimum absolute atomic E-state index is 0.211. The van der Waals surface area contributed by atoms with Crippen LogP contribution in [-0.2, 0) is 22.6 Å². The quantitative estimate of drug-likeness (QED) is 0.664. The van der Waals surface area contributed by atoms with Gasteiger partial charge in [0.2, 0.25) is 0 Å². The zero-order chi connectivity index (χ0) is 15.2. The fraction of sp³-hybridized carbons (Fsp3) is 0.188. The third kappa shape index (κ3) is 4.49. The smallest absolute Gasteiger partial charge is 0.310 e. The number of hydrogen-bond donors (Lipinski definition) is 1. The van der Waals surface area contributed by atoms with E-state index in [4.69, 9.17) is 15.2 Å². The lowest BCUT2D eigenvalue weighted by Gasteiger charge is -2.08. The van der Waals surface area contributed by atoms with E-state index in [1.165, 1.54) is 0 Å². The Labute approximate surface area is 132 Å². The molecule has 0 aliphatic heterocycles. The van der Waals surface area contributed by atoms with Crippen LogP contribution in [0.1, 0.15) is 11.1 Å². The lowest BCUT2D eigenvalue weighted by atomic mass is 10.1. The Kier molecular flexibility index (Phi) is 5.22. The average Bonchev–Trinajstić information content (AvgIpc) is 2.45. The van der Waals surface area contributed by atoms with Gasteiger partial charge < -0.3 is 15.2 Å². The van der Waals surface area contributed by atoms with Gasteiger partial charge in [-0.3, -0.25) is 4.79 Å². The molecule has 2 aromatic carbocycles. The minimum atomic E-state index is -0.285. The van der Waals surface area contributed by atoms with Crippen LogP contribution in [0.4, 0.5) is 5.69 Å². The maximum Gasteiger partial charge on any atom is 0.310 e. The normalized spacial score (nSPS) is 10.2. The second-order valence-electron chi connectivity index (χ2n) is 4.55. The summed E-state index contributed by atoms with van der Waals surface area (Å²) in [6.45, 7) is 0.226. The molecule has 0 saturated carbocycles. The van der Waals surface area contributed by atoms with Crippen molar-refractivity contribution in [1.29, 1.82) is 0 Å². The molecule has 0 unspecified atom stereocenters. The SMILES string of the molecule is COc1ccc(COC(=O)Cc2cccc(N)c2)cc1Br. The second-order valence-corrected chi connectivity index (χ2v) is 5.41. The maximum absolute atomic E-state index is 11.8. The van der Waals surface area contributed by atoms with Crippen LogP contribution in [0.5, 0.6) is 5.75 Å². The predicted octanol–water partition coefficient (Wildman–Crippen LogP) is 3.33. The van der Waals surface area contributed by atoms with E-state index in [0.717, 1.165) is 21.3 Å². The van der Waals surface area contributed by atoms with Crippen molar-refractivity contribution in [3.8, 4) is 5.75 Å². The van der Waals surface area contributed by atoms with E-state index in [-0.39, 0.29) is 19.0 Å². The number of nitrogen functional groups attached to an aromatic ring is 1. The molecule has 0 spiro atoms. The molecule has 0 heterocycles. The van der Waals surface area contributed by atoms with Crippen molar-refractivity contribution in [3.05, 3.63) is 58.1 Å². The molecule has 0 fully saturated rings. The van der Waals surface area contributed by atoms with Crippen molar-refractivity contribution in [1.82, 2.24) is 0 Å². The number of halogens is 1. The summed E-state index contributed by atoms with van der Waals surface area (Å²) < 4.78 is 11.2. The molecule has 0 atom stereocenters. The second kappa shape index (κ2) is 7.13. The van der Waals surface area contributed by atoms with Gasteiger partial charge in [-0.2, -0.15) is 0 Å². The van der Waals surface area contributed by atoms with Gasteiger partial charge in [0, 0.05) is 5.69 Å². The molecule has 2 rings (SSSR count). The van der Waals surface area contributed by atoms with Gasteiger partial charge in [0.15, 0.2) is 0 Å². The molecule has 2 N–H and O–H groups in total. The maximum atomic E-state index is 11.8. The molecular weight excluding hydrogens is 334 g/mol. The number of carbonyl (C=O) groups excluding carboxylic acids is 1. The summed E-state index contributed by atoms with van der Waals surface area (Å²) in [7, 11) is 1.60. The van der Waals surface area contributed by atoms with Crippen molar-refractivity contribution in [2.45, 2.75) is 13.0 Å². The number of benzene rings is 2. The molecule has 4 nitrogen and oxygen atoms in total. The lowest BCUT2D eigenvalue weighted by Crippen LogP contribution is -2.08. The summed E-state index contributed by atoms with van der Waals surface area (Å²) in [6.07, 6.45) is 0.211. The Bertz CT molecular complexity index is 643. The highest BCUT2D eigenvalue weighted by Gasteiger charge is 2.07. The molecule has 0 aliphatic carbocycles. The van der Waals surface area contributed by atoms with E-state index in [9.17, 15) is 4.79 Å². The zero-order valence-electron chi connectivity index (χ0n) is 11.6. The van der Waals surface area contributed by atoms with Gasteiger partial charge >= 0.3 is 5.97 Å². The van der Waals surface area contributed by atoms with Gasteiger partial charge in [-0.25, -0.2) is 0 Å². The number of carbonyl (C=O) groups is 1. The highest BCUT2D eigenvalue weighted by Crippen LogP contribution is 2.25. The van der Waals surface area contributed by atoms with Crippen molar-refractivity contribution < 1.29 is 14.3 Å². The zero-order valence-corrected chi connectivity index (χ0v) is 13.2. The fourth-order valence-electron chi connectivity index (χ4n) is 1.88. The van der Waals surface area contributed by atoms with Gasteiger partial charge in [-0.15, -0.1) is 0 Å². The average molecular weight is 350 g/mol. The molecule has 2 aromatic rings. The molecule has 0 saturated heterocycles. The number of anilines is 1. The molecule has 0 radical (unpaired) electrons. The van der Waals surface area contributed by atoms with E-state index in [1.807, 2.05) is 30.3 Å². The third-order valence-corrected chi connectivity index (χ3v) is 3.54. The number of rotatable bonds is 5. The fourth-order valence-corrected chi connectivity index (χ4v) is 2.47. The van der Waals surface area contributed by atoms with Gasteiger partial charge in [-0.05, 0) is 51.3 Å². The first-order valence-electron chi connectivity index (χ1n) is 6.41. The molecule has 0 aromatic heterocycles. The summed E-state index contributed by atoms with van der Waals surface area (Å²) in [5.41, 5.74) is 8.05. The van der Waals surface area contributed by atoms with E-state index < -0.39 is 0 Å². The number of hydrogen-bond acceptors (Lipinski definition) is 4. The van der Waals surface area contributed by atoms with E-state index in [1.54, 1.807) is 19.2 Å².